The second-order valence-electron chi connectivity index (χ2n) is 3.52. The Labute approximate surface area is 62.2 Å². The molecule has 0 aromatic rings. The summed E-state index contributed by atoms with van der Waals surface area (Å²) in [5.41, 5.74) is -0.0873. The zero-order valence-corrected chi connectivity index (χ0v) is 6.98. The van der Waals surface area contributed by atoms with E-state index < -0.39 is 0 Å². The predicted molar refractivity (Wildman–Crippen MR) is 40.7 cm³/mol. The number of hydrogen-bond acceptors (Lipinski definition) is 1. The predicted octanol–water partition coefficient (Wildman–Crippen LogP) is 1.26. The molecule has 0 radical (unpaired) electrons. The van der Waals surface area contributed by atoms with Gasteiger partial charge in [0.05, 0.1) is 0 Å². The van der Waals surface area contributed by atoms with Crippen molar-refractivity contribution in [1.29, 1.82) is 0 Å². The van der Waals surface area contributed by atoms with Crippen molar-refractivity contribution in [2.45, 2.75) is 27.2 Å². The molecule has 58 valence electrons. The molecule has 1 amide bonds. The van der Waals surface area contributed by atoms with Crippen molar-refractivity contribution in [3.63, 3.8) is 0 Å². The maximum atomic E-state index is 11.4. The average Bonchev–Trinajstić information content (AvgIpc) is 2.10. The highest BCUT2D eigenvalue weighted by Gasteiger charge is 2.37. The largest absolute Gasteiger partial charge is 0.342 e. The van der Waals surface area contributed by atoms with Crippen LogP contribution in [0, 0.1) is 5.41 Å². The van der Waals surface area contributed by atoms with Crippen LogP contribution in [0.5, 0.6) is 0 Å². The van der Waals surface area contributed by atoms with Crippen LogP contribution >= 0.6 is 0 Å². The van der Waals surface area contributed by atoms with Gasteiger partial charge in [-0.25, -0.2) is 0 Å². The van der Waals surface area contributed by atoms with Crippen molar-refractivity contribution in [3.05, 3.63) is 0 Å². The van der Waals surface area contributed by atoms with E-state index in [0.29, 0.717) is 5.91 Å². The standard InChI is InChI=1S/C8H15NO/c1-4-9-6-5-8(2,3)7(9)10/h4-6H2,1-3H3. The Balaban J connectivity index is 2.67. The van der Waals surface area contributed by atoms with E-state index in [1.807, 2.05) is 25.7 Å². The zero-order valence-electron chi connectivity index (χ0n) is 6.98. The molecule has 0 bridgehead atoms. The first-order valence-electron chi connectivity index (χ1n) is 3.87. The minimum absolute atomic E-state index is 0.0873. The van der Waals surface area contributed by atoms with Crippen molar-refractivity contribution in [1.82, 2.24) is 4.90 Å². The third-order valence-electron chi connectivity index (χ3n) is 2.25. The Morgan fingerprint density at radius 1 is 1.60 bits per heavy atom. The lowest BCUT2D eigenvalue weighted by molar-refractivity contribution is -0.134. The van der Waals surface area contributed by atoms with Crippen LogP contribution in [-0.4, -0.2) is 23.9 Å². The Bertz CT molecular complexity index is 151. The molecule has 0 atom stereocenters. The lowest BCUT2D eigenvalue weighted by atomic mass is 9.92. The van der Waals surface area contributed by atoms with Gasteiger partial charge in [-0.2, -0.15) is 0 Å². The zero-order chi connectivity index (χ0) is 7.78. The summed E-state index contributed by atoms with van der Waals surface area (Å²) < 4.78 is 0. The van der Waals surface area contributed by atoms with Gasteiger partial charge in [0, 0.05) is 18.5 Å². The second kappa shape index (κ2) is 2.26. The molecule has 0 saturated carbocycles. The lowest BCUT2D eigenvalue weighted by Crippen LogP contribution is -2.30. The normalized spacial score (nSPS) is 23.9. The lowest BCUT2D eigenvalue weighted by Gasteiger charge is -2.17. The molecule has 1 rings (SSSR count). The van der Waals surface area contributed by atoms with E-state index in [1.54, 1.807) is 0 Å². The van der Waals surface area contributed by atoms with Gasteiger partial charge in [-0.1, -0.05) is 13.8 Å². The molecule has 0 aromatic carbocycles. The number of amides is 1. The van der Waals surface area contributed by atoms with Gasteiger partial charge in [0.2, 0.25) is 5.91 Å². The number of rotatable bonds is 1. The molecule has 0 aromatic heterocycles. The van der Waals surface area contributed by atoms with E-state index in [1.165, 1.54) is 0 Å². The molecule has 0 spiro atoms. The maximum Gasteiger partial charge on any atom is 0.228 e. The SMILES string of the molecule is CCN1CCC(C)(C)C1=O. The van der Waals surface area contributed by atoms with E-state index in [9.17, 15) is 4.79 Å². The summed E-state index contributed by atoms with van der Waals surface area (Å²) in [7, 11) is 0. The molecular weight excluding hydrogens is 126 g/mol. The summed E-state index contributed by atoms with van der Waals surface area (Å²) >= 11 is 0. The molecule has 1 heterocycles. The maximum absolute atomic E-state index is 11.4. The first-order valence-corrected chi connectivity index (χ1v) is 3.87. The van der Waals surface area contributed by atoms with Gasteiger partial charge in [0.1, 0.15) is 0 Å². The topological polar surface area (TPSA) is 20.3 Å². The fourth-order valence-corrected chi connectivity index (χ4v) is 1.35. The summed E-state index contributed by atoms with van der Waals surface area (Å²) in [5.74, 6) is 0.315. The van der Waals surface area contributed by atoms with Crippen molar-refractivity contribution in [2.75, 3.05) is 13.1 Å². The summed E-state index contributed by atoms with van der Waals surface area (Å²) in [5, 5.41) is 0. The minimum atomic E-state index is -0.0873. The Morgan fingerprint density at radius 2 is 2.20 bits per heavy atom. The van der Waals surface area contributed by atoms with Crippen molar-refractivity contribution in [2.24, 2.45) is 5.41 Å². The quantitative estimate of drug-likeness (QED) is 0.538. The van der Waals surface area contributed by atoms with Gasteiger partial charge >= 0.3 is 0 Å². The van der Waals surface area contributed by atoms with E-state index in [0.717, 1.165) is 19.5 Å². The van der Waals surface area contributed by atoms with Crippen molar-refractivity contribution >= 4 is 5.91 Å². The molecular formula is C8H15NO. The van der Waals surface area contributed by atoms with E-state index in [2.05, 4.69) is 0 Å². The number of nitrogens with zero attached hydrogens (tertiary/aromatic N) is 1. The first-order chi connectivity index (χ1) is 4.58. The van der Waals surface area contributed by atoms with E-state index in [-0.39, 0.29) is 5.41 Å². The highest BCUT2D eigenvalue weighted by atomic mass is 16.2. The number of likely N-dealkylation sites (tertiary alicyclic amines) is 1. The summed E-state index contributed by atoms with van der Waals surface area (Å²) in [6.45, 7) is 7.87. The van der Waals surface area contributed by atoms with E-state index >= 15 is 0 Å². The molecule has 0 N–H and O–H groups in total. The highest BCUT2D eigenvalue weighted by Crippen LogP contribution is 2.29. The number of hydrogen-bond donors (Lipinski definition) is 0. The van der Waals surface area contributed by atoms with Crippen LogP contribution in [0.1, 0.15) is 27.2 Å². The van der Waals surface area contributed by atoms with Gasteiger partial charge < -0.3 is 4.90 Å². The van der Waals surface area contributed by atoms with Crippen LogP contribution in [0.15, 0.2) is 0 Å². The van der Waals surface area contributed by atoms with Crippen LogP contribution in [0.4, 0.5) is 0 Å². The molecule has 0 unspecified atom stereocenters. The smallest absolute Gasteiger partial charge is 0.228 e. The third-order valence-corrected chi connectivity index (χ3v) is 2.25. The molecule has 2 heteroatoms. The minimum Gasteiger partial charge on any atom is -0.342 e. The monoisotopic (exact) mass is 141 g/mol. The number of carbonyl (C=O) groups excluding carboxylic acids is 1. The van der Waals surface area contributed by atoms with Gasteiger partial charge in [0.25, 0.3) is 0 Å². The van der Waals surface area contributed by atoms with Crippen LogP contribution in [-0.2, 0) is 4.79 Å². The van der Waals surface area contributed by atoms with Gasteiger partial charge in [-0.15, -0.1) is 0 Å². The van der Waals surface area contributed by atoms with E-state index in [4.69, 9.17) is 0 Å². The Morgan fingerprint density at radius 3 is 2.40 bits per heavy atom. The Hall–Kier alpha value is -0.530. The van der Waals surface area contributed by atoms with Gasteiger partial charge in [0.15, 0.2) is 0 Å². The molecule has 1 aliphatic rings. The molecule has 2 nitrogen and oxygen atoms in total. The van der Waals surface area contributed by atoms with Gasteiger partial charge in [-0.05, 0) is 13.3 Å². The fraction of sp³-hybridized carbons (Fsp3) is 0.875. The van der Waals surface area contributed by atoms with Crippen molar-refractivity contribution in [3.8, 4) is 0 Å². The second-order valence-corrected chi connectivity index (χ2v) is 3.52. The fourth-order valence-electron chi connectivity index (χ4n) is 1.35. The third kappa shape index (κ3) is 1.02. The van der Waals surface area contributed by atoms with Gasteiger partial charge in [-0.3, -0.25) is 4.79 Å². The van der Waals surface area contributed by atoms with Crippen LogP contribution in [0.25, 0.3) is 0 Å². The summed E-state index contributed by atoms with van der Waals surface area (Å²) in [6.07, 6.45) is 1.01. The van der Waals surface area contributed by atoms with Crippen LogP contribution < -0.4 is 0 Å². The van der Waals surface area contributed by atoms with Crippen molar-refractivity contribution < 1.29 is 4.79 Å². The summed E-state index contributed by atoms with van der Waals surface area (Å²) in [6, 6.07) is 0. The molecule has 1 aliphatic heterocycles. The highest BCUT2D eigenvalue weighted by molar-refractivity contribution is 5.83. The number of carbonyl (C=O) groups is 1. The summed E-state index contributed by atoms with van der Waals surface area (Å²) in [4.78, 5) is 13.3. The molecule has 1 saturated heterocycles. The average molecular weight is 141 g/mol. The molecule has 0 aliphatic carbocycles. The molecule has 1 fully saturated rings. The van der Waals surface area contributed by atoms with Crippen LogP contribution in [0.2, 0.25) is 0 Å². The molecule has 10 heavy (non-hydrogen) atoms. The Kier molecular flexibility index (Phi) is 1.71. The van der Waals surface area contributed by atoms with Crippen LogP contribution in [0.3, 0.4) is 0 Å². The first kappa shape index (κ1) is 7.58.